The van der Waals surface area contributed by atoms with Crippen molar-refractivity contribution in [1.29, 1.82) is 0 Å². The Labute approximate surface area is 249 Å². The van der Waals surface area contributed by atoms with Crippen molar-refractivity contribution in [3.8, 4) is 0 Å². The first-order valence-corrected chi connectivity index (χ1v) is 18.1. The molecule has 0 N–H and O–H groups in total. The van der Waals surface area contributed by atoms with Crippen LogP contribution in [0, 0.1) is 27.0 Å². The van der Waals surface area contributed by atoms with Crippen molar-refractivity contribution in [2.75, 3.05) is 0 Å². The molecule has 0 nitrogen and oxygen atoms in total. The molecule has 0 saturated heterocycles. The number of halogens is 2. The first-order valence-electron chi connectivity index (χ1n) is 10.6. The Morgan fingerprint density at radius 1 is 0.528 bits per heavy atom. The molecular weight excluding hydrogens is 619 g/mol. The van der Waals surface area contributed by atoms with Crippen LogP contribution in [0.3, 0.4) is 0 Å². The zero-order chi connectivity index (χ0) is 22.2. The Bertz CT molecular complexity index is 1250. The summed E-state index contributed by atoms with van der Waals surface area (Å²) in [5.41, 5.74) is 5.23. The van der Waals surface area contributed by atoms with Crippen molar-refractivity contribution in [1.82, 2.24) is 0 Å². The Hall–Kier alpha value is -1.63. The number of fused-ring (bicyclic) bond motifs is 2. The maximum absolute atomic E-state index is 3.22. The Morgan fingerprint density at radius 3 is 1.25 bits per heavy atom. The Kier molecular flexibility index (Phi) is 17.0. The van der Waals surface area contributed by atoms with Gasteiger partial charge in [0.25, 0.3) is 0 Å². The van der Waals surface area contributed by atoms with Gasteiger partial charge in [-0.3, -0.25) is 12.2 Å². The second kappa shape index (κ2) is 17.8. The van der Waals surface area contributed by atoms with Gasteiger partial charge in [-0.15, -0.1) is 37.7 Å². The molecular formula is C32H30Cl2GeZr-4. The van der Waals surface area contributed by atoms with Gasteiger partial charge < -0.3 is 14.9 Å². The van der Waals surface area contributed by atoms with Gasteiger partial charge in [0.1, 0.15) is 0 Å². The Morgan fingerprint density at radius 2 is 0.889 bits per heavy atom. The van der Waals surface area contributed by atoms with E-state index < -0.39 is 0 Å². The van der Waals surface area contributed by atoms with Crippen LogP contribution >= 0.6 is 24.8 Å². The Balaban J connectivity index is 0.000000577. The van der Waals surface area contributed by atoms with Crippen LogP contribution < -0.4 is 0 Å². The molecule has 0 amide bonds. The quantitative estimate of drug-likeness (QED) is 0.150. The van der Waals surface area contributed by atoms with Gasteiger partial charge in [-0.05, 0) is 21.5 Å². The molecule has 2 aliphatic rings. The monoisotopic (exact) mass is 648 g/mol. The van der Waals surface area contributed by atoms with Crippen LogP contribution in [0.4, 0.5) is 0 Å². The predicted octanol–water partition coefficient (Wildman–Crippen LogP) is 9.33. The van der Waals surface area contributed by atoms with E-state index in [0.717, 1.165) is 12.8 Å². The molecule has 0 heterocycles. The summed E-state index contributed by atoms with van der Waals surface area (Å²) in [5.74, 6) is 0. The fraction of sp³-hybridized carbons (Fsp3) is 0.0625. The first kappa shape index (κ1) is 34.4. The molecule has 0 unspecified atom stereocenters. The summed E-state index contributed by atoms with van der Waals surface area (Å²) in [6, 6.07) is 29.9. The van der Waals surface area contributed by atoms with E-state index in [4.69, 9.17) is 0 Å². The minimum atomic E-state index is 0. The molecule has 4 aromatic rings. The van der Waals surface area contributed by atoms with Gasteiger partial charge in [0, 0.05) is 0 Å². The van der Waals surface area contributed by atoms with Gasteiger partial charge in [-0.25, -0.2) is 12.2 Å². The average molecular weight is 649 g/mol. The van der Waals surface area contributed by atoms with Crippen molar-refractivity contribution in [2.45, 2.75) is 12.8 Å². The van der Waals surface area contributed by atoms with Gasteiger partial charge >= 0.3 is 33.7 Å². The van der Waals surface area contributed by atoms with E-state index in [1.807, 2.05) is 0 Å². The van der Waals surface area contributed by atoms with Crippen molar-refractivity contribution in [3.63, 3.8) is 0 Å². The number of rotatable bonds is 2. The molecule has 36 heavy (non-hydrogen) atoms. The number of hydrogen-bond acceptors (Lipinski definition) is 0. The summed E-state index contributed by atoms with van der Waals surface area (Å²) < 4.78 is 0. The van der Waals surface area contributed by atoms with E-state index in [-0.39, 0.29) is 39.7 Å². The number of benzene rings is 4. The van der Waals surface area contributed by atoms with Gasteiger partial charge in [0.2, 0.25) is 0 Å². The molecule has 0 saturated carbocycles. The van der Waals surface area contributed by atoms with Crippen LogP contribution in [-0.4, -0.2) is 12.1 Å². The van der Waals surface area contributed by atoms with Crippen LogP contribution in [0.2, 0.25) is 0 Å². The van der Waals surface area contributed by atoms with Crippen molar-refractivity contribution >= 4 is 69.6 Å². The zero-order valence-corrected chi connectivity index (χ0v) is 26.8. The third-order valence-corrected chi connectivity index (χ3v) is 5.60. The predicted molar refractivity (Wildman–Crippen MR) is 162 cm³/mol. The van der Waals surface area contributed by atoms with Crippen LogP contribution in [-0.2, 0) is 21.6 Å². The molecule has 0 aliphatic heterocycles. The third kappa shape index (κ3) is 8.19. The summed E-state index contributed by atoms with van der Waals surface area (Å²) >= 11 is 3.64. The van der Waals surface area contributed by atoms with Gasteiger partial charge in [-0.1, -0.05) is 96.1 Å². The van der Waals surface area contributed by atoms with E-state index in [0.29, 0.717) is 0 Å². The summed E-state index contributed by atoms with van der Waals surface area (Å²) in [7, 11) is 0. The minimum absolute atomic E-state index is 0. The second-order valence-corrected chi connectivity index (χ2v) is 7.48. The molecule has 0 fully saturated rings. The first-order chi connectivity index (χ1) is 15.9. The summed E-state index contributed by atoms with van der Waals surface area (Å²) in [6.45, 7) is 0. The van der Waals surface area contributed by atoms with Crippen LogP contribution in [0.15, 0.2) is 109 Å². The molecule has 0 spiro atoms. The summed E-state index contributed by atoms with van der Waals surface area (Å²) in [6.07, 6.45) is 16.9. The summed E-state index contributed by atoms with van der Waals surface area (Å²) in [5, 5.41) is 5.25. The van der Waals surface area contributed by atoms with Gasteiger partial charge in [-0.2, -0.15) is 23.3 Å². The van der Waals surface area contributed by atoms with Crippen molar-refractivity contribution < 1.29 is 21.6 Å². The molecule has 2 aliphatic carbocycles. The molecule has 6 rings (SSSR count). The molecule has 2 radical (unpaired) electrons. The normalized spacial score (nSPS) is 12.2. The van der Waals surface area contributed by atoms with E-state index in [9.17, 15) is 0 Å². The van der Waals surface area contributed by atoms with E-state index >= 15 is 0 Å². The van der Waals surface area contributed by atoms with Gasteiger partial charge in [0.15, 0.2) is 0 Å². The molecule has 0 atom stereocenters. The fourth-order valence-electron chi connectivity index (χ4n) is 4.12. The second-order valence-electron chi connectivity index (χ2n) is 7.48. The SMILES string of the molecule is Cl.Cl.[C-]1=CC(c2cccc3ccccc23)=CC1.[C-]1=CC(c2cccc3ccccc23)=CC1.[CH3-].[CH3-].[Ge]=[Zr]. The molecule has 4 aromatic carbocycles. The van der Waals surface area contributed by atoms with Crippen LogP contribution in [0.25, 0.3) is 32.7 Å². The number of hydrogen-bond donors (Lipinski definition) is 0. The number of allylic oxidation sites excluding steroid dienone is 8. The summed E-state index contributed by atoms with van der Waals surface area (Å²) in [4.78, 5) is 0. The average Bonchev–Trinajstić information content (AvgIpc) is 3.60. The van der Waals surface area contributed by atoms with Crippen molar-refractivity contribution in [3.05, 3.63) is 147 Å². The molecule has 0 aromatic heterocycles. The third-order valence-electron chi connectivity index (χ3n) is 5.60. The maximum atomic E-state index is 3.22. The van der Waals surface area contributed by atoms with E-state index in [2.05, 4.69) is 134 Å². The molecule has 184 valence electrons. The molecule has 0 bridgehead atoms. The van der Waals surface area contributed by atoms with E-state index in [1.165, 1.54) is 43.8 Å². The van der Waals surface area contributed by atoms with Crippen LogP contribution in [0.1, 0.15) is 24.0 Å². The van der Waals surface area contributed by atoms with Crippen LogP contribution in [0.5, 0.6) is 0 Å². The standard InChI is InChI=1S/2C15H11.2CH3.2ClH.Ge.Zr/c2*1-2-7-12(6-1)15-11-5-9-13-8-3-4-10-14(13)15;;;;;;/h2*3-11H,1H2;2*1H3;2*1H;;/q4*-1;;;;. The topological polar surface area (TPSA) is 0 Å². The van der Waals surface area contributed by atoms with Crippen molar-refractivity contribution in [2.24, 2.45) is 0 Å². The molecule has 4 heteroatoms. The van der Waals surface area contributed by atoms with E-state index in [1.54, 1.807) is 21.6 Å². The zero-order valence-electron chi connectivity index (χ0n) is 20.6. The van der Waals surface area contributed by atoms with Gasteiger partial charge in [0.05, 0.1) is 0 Å². The fourth-order valence-corrected chi connectivity index (χ4v) is 4.12.